The first-order chi connectivity index (χ1) is 15.6. The summed E-state index contributed by atoms with van der Waals surface area (Å²) in [5.41, 5.74) is 2.63. The van der Waals surface area contributed by atoms with Gasteiger partial charge in [-0.2, -0.15) is 0 Å². The summed E-state index contributed by atoms with van der Waals surface area (Å²) >= 11 is 0. The summed E-state index contributed by atoms with van der Waals surface area (Å²) in [6.45, 7) is 5.96. The van der Waals surface area contributed by atoms with Gasteiger partial charge in [-0.1, -0.05) is 30.3 Å². The topological polar surface area (TPSA) is 78.2 Å². The molecule has 0 saturated heterocycles. The van der Waals surface area contributed by atoms with Crippen molar-refractivity contribution < 1.29 is 9.47 Å². The van der Waals surface area contributed by atoms with Crippen molar-refractivity contribution >= 4 is 10.9 Å². The van der Waals surface area contributed by atoms with E-state index in [-0.39, 0.29) is 11.1 Å². The molecule has 32 heavy (non-hydrogen) atoms. The predicted molar refractivity (Wildman–Crippen MR) is 125 cm³/mol. The van der Waals surface area contributed by atoms with Gasteiger partial charge in [-0.25, -0.2) is 4.68 Å². The fraction of sp³-hybridized carbons (Fsp3) is 0.280. The van der Waals surface area contributed by atoms with Crippen LogP contribution in [0.2, 0.25) is 0 Å². The zero-order chi connectivity index (χ0) is 22.5. The van der Waals surface area contributed by atoms with Crippen molar-refractivity contribution in [2.75, 3.05) is 13.2 Å². The van der Waals surface area contributed by atoms with Crippen molar-refractivity contribution in [1.82, 2.24) is 14.3 Å². The first kappa shape index (κ1) is 21.6. The maximum Gasteiger partial charge on any atom is 0.280 e. The third kappa shape index (κ3) is 4.53. The van der Waals surface area contributed by atoms with Gasteiger partial charge in [-0.3, -0.25) is 14.7 Å². The minimum atomic E-state index is -0.186. The number of H-pyrrole nitrogens is 1. The van der Waals surface area contributed by atoms with E-state index in [1.165, 1.54) is 10.7 Å². The van der Waals surface area contributed by atoms with E-state index in [4.69, 9.17) is 9.47 Å². The Kier molecular flexibility index (Phi) is 6.56. The molecule has 0 saturated carbocycles. The molecule has 166 valence electrons. The molecule has 0 atom stereocenters. The Morgan fingerprint density at radius 2 is 1.75 bits per heavy atom. The molecule has 0 fully saturated rings. The molecule has 7 heteroatoms. The molecule has 4 aromatic rings. The zero-order valence-corrected chi connectivity index (χ0v) is 18.3. The van der Waals surface area contributed by atoms with E-state index in [0.717, 1.165) is 5.56 Å². The molecular weight excluding hydrogens is 406 g/mol. The highest BCUT2D eigenvalue weighted by molar-refractivity contribution is 5.80. The van der Waals surface area contributed by atoms with E-state index in [1.54, 1.807) is 4.57 Å². The Bertz CT molecular complexity index is 1300. The van der Waals surface area contributed by atoms with Gasteiger partial charge in [0.15, 0.2) is 0 Å². The van der Waals surface area contributed by atoms with Crippen LogP contribution in [-0.2, 0) is 17.9 Å². The van der Waals surface area contributed by atoms with E-state index in [0.29, 0.717) is 60.8 Å². The van der Waals surface area contributed by atoms with Crippen LogP contribution in [-0.4, -0.2) is 27.6 Å². The number of pyridine rings is 1. The maximum absolute atomic E-state index is 13.1. The second kappa shape index (κ2) is 9.70. The molecule has 0 bridgehead atoms. The Balaban J connectivity index is 1.57. The number of nitrogens with zero attached hydrogens (tertiary/aromatic N) is 2. The minimum absolute atomic E-state index is 0.135. The molecule has 7 nitrogen and oxygen atoms in total. The first-order valence-corrected chi connectivity index (χ1v) is 10.8. The first-order valence-electron chi connectivity index (χ1n) is 10.8. The quantitative estimate of drug-likeness (QED) is 0.407. The third-order valence-electron chi connectivity index (χ3n) is 5.44. The van der Waals surface area contributed by atoms with Crippen LogP contribution in [0.1, 0.15) is 24.6 Å². The van der Waals surface area contributed by atoms with Crippen LogP contribution in [0.5, 0.6) is 5.75 Å². The van der Waals surface area contributed by atoms with Crippen LogP contribution in [0.4, 0.5) is 0 Å². The van der Waals surface area contributed by atoms with E-state index in [1.807, 2.05) is 68.4 Å². The summed E-state index contributed by atoms with van der Waals surface area (Å²) in [5.74, 6) is 0.715. The molecule has 0 unspecified atom stereocenters. The lowest BCUT2D eigenvalue weighted by Crippen LogP contribution is -2.24. The Labute approximate surface area is 185 Å². The van der Waals surface area contributed by atoms with E-state index < -0.39 is 0 Å². The summed E-state index contributed by atoms with van der Waals surface area (Å²) in [6, 6.07) is 18.7. The van der Waals surface area contributed by atoms with Crippen molar-refractivity contribution in [3.05, 3.63) is 92.6 Å². The second-order valence-corrected chi connectivity index (χ2v) is 7.58. The summed E-state index contributed by atoms with van der Waals surface area (Å²) in [6.07, 6.45) is 0.711. The fourth-order valence-electron chi connectivity index (χ4n) is 3.77. The number of fused-ring (bicyclic) bond motifs is 1. The lowest BCUT2D eigenvalue weighted by atomic mass is 10.2. The molecule has 0 spiro atoms. The van der Waals surface area contributed by atoms with Gasteiger partial charge in [0.05, 0.1) is 16.6 Å². The molecular formula is C25H27N3O4. The van der Waals surface area contributed by atoms with Crippen molar-refractivity contribution in [3.8, 4) is 11.4 Å². The van der Waals surface area contributed by atoms with Crippen molar-refractivity contribution in [2.24, 2.45) is 0 Å². The zero-order valence-electron chi connectivity index (χ0n) is 18.3. The molecule has 0 aliphatic heterocycles. The second-order valence-electron chi connectivity index (χ2n) is 7.58. The SMILES string of the molecule is CCOCCCn1c(C)c2c(=O)n(-c3ccc(OCc4ccccc4)cc3)[nH]c2cc1=O. The monoisotopic (exact) mass is 433 g/mol. The van der Waals surface area contributed by atoms with Crippen molar-refractivity contribution in [1.29, 1.82) is 0 Å². The predicted octanol–water partition coefficient (Wildman–Crippen LogP) is 3.79. The highest BCUT2D eigenvalue weighted by Crippen LogP contribution is 2.18. The summed E-state index contributed by atoms with van der Waals surface area (Å²) < 4.78 is 14.3. The van der Waals surface area contributed by atoms with E-state index in [9.17, 15) is 9.59 Å². The summed E-state index contributed by atoms with van der Waals surface area (Å²) in [5, 5.41) is 3.59. The number of rotatable bonds is 9. The Hall–Kier alpha value is -3.58. The van der Waals surface area contributed by atoms with Crippen LogP contribution < -0.4 is 15.9 Å². The van der Waals surface area contributed by atoms with Crippen LogP contribution >= 0.6 is 0 Å². The summed E-state index contributed by atoms with van der Waals surface area (Å²) in [7, 11) is 0. The molecule has 2 heterocycles. The molecule has 1 N–H and O–H groups in total. The Morgan fingerprint density at radius 1 is 1.00 bits per heavy atom. The smallest absolute Gasteiger partial charge is 0.280 e. The largest absolute Gasteiger partial charge is 0.489 e. The number of nitrogens with one attached hydrogen (secondary N) is 1. The highest BCUT2D eigenvalue weighted by Gasteiger charge is 2.15. The highest BCUT2D eigenvalue weighted by atomic mass is 16.5. The summed E-state index contributed by atoms with van der Waals surface area (Å²) in [4.78, 5) is 25.7. The number of hydrogen-bond acceptors (Lipinski definition) is 4. The molecule has 2 aromatic heterocycles. The van der Waals surface area contributed by atoms with Gasteiger partial charge in [0.1, 0.15) is 12.4 Å². The van der Waals surface area contributed by atoms with Crippen LogP contribution in [0.25, 0.3) is 16.6 Å². The Morgan fingerprint density at radius 3 is 2.47 bits per heavy atom. The lowest BCUT2D eigenvalue weighted by molar-refractivity contribution is 0.141. The number of aromatic nitrogens is 3. The average molecular weight is 434 g/mol. The number of aryl methyl sites for hydroxylation is 1. The van der Waals surface area contributed by atoms with Gasteiger partial charge in [0, 0.05) is 31.5 Å². The van der Waals surface area contributed by atoms with Gasteiger partial charge in [0.25, 0.3) is 11.1 Å². The normalized spacial score (nSPS) is 11.2. The van der Waals surface area contributed by atoms with Gasteiger partial charge < -0.3 is 14.0 Å². The van der Waals surface area contributed by atoms with Crippen molar-refractivity contribution in [3.63, 3.8) is 0 Å². The number of benzene rings is 2. The molecule has 4 rings (SSSR count). The molecule has 0 amide bonds. The fourth-order valence-corrected chi connectivity index (χ4v) is 3.77. The molecule has 0 aliphatic rings. The standard InChI is InChI=1S/C25H27N3O4/c1-3-31-15-7-14-27-18(2)24-22(16-23(27)29)26-28(25(24)30)20-10-12-21(13-11-20)32-17-19-8-5-4-6-9-19/h4-6,8-13,16,26H,3,7,14-15,17H2,1-2H3. The van der Waals surface area contributed by atoms with Gasteiger partial charge >= 0.3 is 0 Å². The van der Waals surface area contributed by atoms with Crippen LogP contribution in [0.15, 0.2) is 70.3 Å². The van der Waals surface area contributed by atoms with E-state index in [2.05, 4.69) is 5.10 Å². The lowest BCUT2D eigenvalue weighted by Gasteiger charge is -2.09. The average Bonchev–Trinajstić information content (AvgIpc) is 3.14. The van der Waals surface area contributed by atoms with Gasteiger partial charge in [0.2, 0.25) is 0 Å². The number of hydrogen-bond donors (Lipinski definition) is 1. The molecule has 0 radical (unpaired) electrons. The van der Waals surface area contributed by atoms with Crippen LogP contribution in [0.3, 0.4) is 0 Å². The minimum Gasteiger partial charge on any atom is -0.489 e. The van der Waals surface area contributed by atoms with E-state index >= 15 is 0 Å². The third-order valence-corrected chi connectivity index (χ3v) is 5.44. The van der Waals surface area contributed by atoms with Gasteiger partial charge in [-0.05, 0) is 50.1 Å². The number of aromatic amines is 1. The van der Waals surface area contributed by atoms with Crippen molar-refractivity contribution in [2.45, 2.75) is 33.4 Å². The molecule has 0 aliphatic carbocycles. The number of ether oxygens (including phenoxy) is 2. The maximum atomic E-state index is 13.1. The van der Waals surface area contributed by atoms with Crippen LogP contribution in [0, 0.1) is 6.92 Å². The molecule has 2 aromatic carbocycles. The van der Waals surface area contributed by atoms with Gasteiger partial charge in [-0.15, -0.1) is 0 Å².